The van der Waals surface area contributed by atoms with Crippen molar-refractivity contribution in [2.75, 3.05) is 10.6 Å². The Hall–Kier alpha value is -1.90. The van der Waals surface area contributed by atoms with Gasteiger partial charge in [0, 0.05) is 23.5 Å². The summed E-state index contributed by atoms with van der Waals surface area (Å²) >= 11 is 0. The van der Waals surface area contributed by atoms with Crippen LogP contribution in [0, 0.1) is 0 Å². The molecule has 3 rings (SSSR count). The second-order valence-corrected chi connectivity index (χ2v) is 6.00. The molecular weight excluding hydrogens is 234 g/mol. The molecule has 100 valence electrons. The first-order chi connectivity index (χ1) is 8.94. The average molecular weight is 255 g/mol. The molecule has 0 atom stereocenters. The molecule has 0 amide bonds. The molecule has 19 heavy (non-hydrogen) atoms. The molecule has 1 aliphatic heterocycles. The van der Waals surface area contributed by atoms with E-state index in [0.29, 0.717) is 6.04 Å². The number of nitrogens with zero attached hydrogens (tertiary/aromatic N) is 2. The maximum absolute atomic E-state index is 6.21. The van der Waals surface area contributed by atoms with Crippen molar-refractivity contribution in [3.63, 3.8) is 0 Å². The summed E-state index contributed by atoms with van der Waals surface area (Å²) < 4.78 is 2.28. The molecule has 1 aromatic heterocycles. The molecule has 1 aromatic carbocycles. The first-order valence-corrected chi connectivity index (χ1v) is 6.80. The van der Waals surface area contributed by atoms with Gasteiger partial charge in [0.1, 0.15) is 5.82 Å². The SMILES string of the molecule is CC(C)N1c2ccccc2C(C)(C)n2ccc(N)c21. The van der Waals surface area contributed by atoms with Crippen molar-refractivity contribution in [3.8, 4) is 0 Å². The van der Waals surface area contributed by atoms with Gasteiger partial charge >= 0.3 is 0 Å². The van der Waals surface area contributed by atoms with Crippen LogP contribution >= 0.6 is 0 Å². The molecule has 0 aliphatic carbocycles. The van der Waals surface area contributed by atoms with E-state index in [4.69, 9.17) is 5.73 Å². The summed E-state index contributed by atoms with van der Waals surface area (Å²) in [7, 11) is 0. The van der Waals surface area contributed by atoms with Crippen molar-refractivity contribution in [2.45, 2.75) is 39.3 Å². The van der Waals surface area contributed by atoms with Crippen molar-refractivity contribution in [1.29, 1.82) is 0 Å². The third-order valence-electron chi connectivity index (χ3n) is 4.06. The van der Waals surface area contributed by atoms with Crippen LogP contribution in [0.4, 0.5) is 17.2 Å². The number of benzene rings is 1. The topological polar surface area (TPSA) is 34.2 Å². The molecule has 2 heterocycles. The largest absolute Gasteiger partial charge is 0.396 e. The Morgan fingerprint density at radius 1 is 1.11 bits per heavy atom. The zero-order valence-corrected chi connectivity index (χ0v) is 12.0. The quantitative estimate of drug-likeness (QED) is 0.842. The van der Waals surface area contributed by atoms with Gasteiger partial charge in [-0.25, -0.2) is 0 Å². The Labute approximate surface area is 114 Å². The lowest BCUT2D eigenvalue weighted by Crippen LogP contribution is -2.40. The second-order valence-electron chi connectivity index (χ2n) is 6.00. The predicted octanol–water partition coefficient (Wildman–Crippen LogP) is 3.71. The summed E-state index contributed by atoms with van der Waals surface area (Å²) in [5, 5.41) is 0. The van der Waals surface area contributed by atoms with Crippen molar-refractivity contribution in [2.24, 2.45) is 0 Å². The van der Waals surface area contributed by atoms with Crippen LogP contribution in [0.2, 0.25) is 0 Å². The van der Waals surface area contributed by atoms with E-state index in [1.54, 1.807) is 0 Å². The van der Waals surface area contributed by atoms with Crippen molar-refractivity contribution in [3.05, 3.63) is 42.1 Å². The van der Waals surface area contributed by atoms with Gasteiger partial charge in [0.15, 0.2) is 0 Å². The summed E-state index contributed by atoms with van der Waals surface area (Å²) in [6, 6.07) is 11.0. The third kappa shape index (κ3) is 1.51. The monoisotopic (exact) mass is 255 g/mol. The van der Waals surface area contributed by atoms with Gasteiger partial charge in [-0.3, -0.25) is 0 Å². The van der Waals surface area contributed by atoms with E-state index in [0.717, 1.165) is 11.5 Å². The molecule has 0 unspecified atom stereocenters. The van der Waals surface area contributed by atoms with Crippen molar-refractivity contribution >= 4 is 17.2 Å². The van der Waals surface area contributed by atoms with Gasteiger partial charge in [0.2, 0.25) is 0 Å². The van der Waals surface area contributed by atoms with Crippen LogP contribution in [0.25, 0.3) is 0 Å². The van der Waals surface area contributed by atoms with Crippen LogP contribution in [0.3, 0.4) is 0 Å². The number of fused-ring (bicyclic) bond motifs is 2. The minimum atomic E-state index is -0.0745. The lowest BCUT2D eigenvalue weighted by atomic mass is 9.89. The Balaban J connectivity index is 2.35. The maximum Gasteiger partial charge on any atom is 0.137 e. The lowest BCUT2D eigenvalue weighted by Gasteiger charge is -2.44. The van der Waals surface area contributed by atoms with Gasteiger partial charge in [0.25, 0.3) is 0 Å². The summed E-state index contributed by atoms with van der Waals surface area (Å²) in [5.74, 6) is 1.11. The molecule has 0 spiro atoms. The van der Waals surface area contributed by atoms with Crippen LogP contribution in [0.5, 0.6) is 0 Å². The van der Waals surface area contributed by atoms with E-state index in [9.17, 15) is 0 Å². The highest BCUT2D eigenvalue weighted by Crippen LogP contribution is 2.47. The van der Waals surface area contributed by atoms with E-state index in [1.165, 1.54) is 11.3 Å². The highest BCUT2D eigenvalue weighted by Gasteiger charge is 2.37. The maximum atomic E-state index is 6.21. The Morgan fingerprint density at radius 3 is 2.47 bits per heavy atom. The molecular formula is C16H21N3. The minimum Gasteiger partial charge on any atom is -0.396 e. The number of hydrogen-bond acceptors (Lipinski definition) is 2. The van der Waals surface area contributed by atoms with Gasteiger partial charge in [-0.2, -0.15) is 0 Å². The zero-order valence-electron chi connectivity index (χ0n) is 12.0. The molecule has 2 N–H and O–H groups in total. The molecule has 0 bridgehead atoms. The molecule has 0 fully saturated rings. The fourth-order valence-corrected chi connectivity index (χ4v) is 3.11. The number of nitrogens with two attached hydrogens (primary N) is 1. The van der Waals surface area contributed by atoms with Crippen molar-refractivity contribution in [1.82, 2.24) is 4.57 Å². The molecule has 3 heteroatoms. The number of nitrogen functional groups attached to an aromatic ring is 1. The van der Waals surface area contributed by atoms with Crippen LogP contribution in [-0.4, -0.2) is 10.6 Å². The Kier molecular flexibility index (Phi) is 2.43. The standard InChI is InChI=1S/C16H21N3/c1-11(2)19-14-8-6-5-7-12(14)16(3,4)18-10-9-13(17)15(18)19/h5-11H,17H2,1-4H3. The number of hydrogen-bond donors (Lipinski definition) is 1. The van der Waals surface area contributed by atoms with Gasteiger partial charge in [-0.1, -0.05) is 18.2 Å². The fourth-order valence-electron chi connectivity index (χ4n) is 3.11. The van der Waals surface area contributed by atoms with Gasteiger partial charge < -0.3 is 15.2 Å². The number of rotatable bonds is 1. The minimum absolute atomic E-state index is 0.0745. The van der Waals surface area contributed by atoms with Gasteiger partial charge in [0.05, 0.1) is 11.2 Å². The third-order valence-corrected chi connectivity index (χ3v) is 4.06. The summed E-state index contributed by atoms with van der Waals surface area (Å²) in [5.41, 5.74) is 9.58. The van der Waals surface area contributed by atoms with E-state index >= 15 is 0 Å². The van der Waals surface area contributed by atoms with E-state index in [2.05, 4.69) is 67.6 Å². The van der Waals surface area contributed by atoms with Crippen molar-refractivity contribution < 1.29 is 0 Å². The van der Waals surface area contributed by atoms with E-state index < -0.39 is 0 Å². The molecule has 0 saturated carbocycles. The van der Waals surface area contributed by atoms with Crippen LogP contribution in [-0.2, 0) is 5.54 Å². The summed E-state index contributed by atoms with van der Waals surface area (Å²) in [4.78, 5) is 2.33. The van der Waals surface area contributed by atoms with Crippen LogP contribution in [0.15, 0.2) is 36.5 Å². The highest BCUT2D eigenvalue weighted by atomic mass is 15.3. The lowest BCUT2D eigenvalue weighted by molar-refractivity contribution is 0.424. The molecule has 3 nitrogen and oxygen atoms in total. The van der Waals surface area contributed by atoms with E-state index in [1.807, 2.05) is 6.07 Å². The van der Waals surface area contributed by atoms with E-state index in [-0.39, 0.29) is 5.54 Å². The first kappa shape index (κ1) is 12.2. The first-order valence-electron chi connectivity index (χ1n) is 6.80. The zero-order chi connectivity index (χ0) is 13.8. The number of anilines is 3. The average Bonchev–Trinajstić information content (AvgIpc) is 2.73. The molecule has 1 aliphatic rings. The normalized spacial score (nSPS) is 16.4. The fraction of sp³-hybridized carbons (Fsp3) is 0.375. The Morgan fingerprint density at radius 2 is 1.79 bits per heavy atom. The second kappa shape index (κ2) is 3.80. The molecule has 0 radical (unpaired) electrons. The smallest absolute Gasteiger partial charge is 0.137 e. The summed E-state index contributed by atoms with van der Waals surface area (Å²) in [6.07, 6.45) is 2.09. The summed E-state index contributed by atoms with van der Waals surface area (Å²) in [6.45, 7) is 8.89. The van der Waals surface area contributed by atoms with Crippen LogP contribution in [0.1, 0.15) is 33.3 Å². The number of aromatic nitrogens is 1. The number of para-hydroxylation sites is 1. The Bertz CT molecular complexity index is 623. The van der Waals surface area contributed by atoms with Gasteiger partial charge in [-0.15, -0.1) is 0 Å². The molecule has 2 aromatic rings. The predicted molar refractivity (Wildman–Crippen MR) is 81.0 cm³/mol. The molecule has 0 saturated heterocycles. The highest BCUT2D eigenvalue weighted by molar-refractivity contribution is 5.78. The van der Waals surface area contributed by atoms with Gasteiger partial charge in [-0.05, 0) is 39.8 Å². The van der Waals surface area contributed by atoms with Crippen LogP contribution < -0.4 is 10.6 Å².